The fourth-order valence-electron chi connectivity index (χ4n) is 4.49. The summed E-state index contributed by atoms with van der Waals surface area (Å²) in [7, 11) is -0.869. The normalized spacial score (nSPS) is 24.0. The third-order valence-electron chi connectivity index (χ3n) is 6.01. The molecule has 0 N–H and O–H groups in total. The molecule has 2 saturated heterocycles. The molecule has 0 bridgehead atoms. The summed E-state index contributed by atoms with van der Waals surface area (Å²) in [5, 5.41) is 0.215. The summed E-state index contributed by atoms with van der Waals surface area (Å²) < 4.78 is 68.5. The van der Waals surface area contributed by atoms with Crippen LogP contribution in [0.2, 0.25) is 0 Å². The van der Waals surface area contributed by atoms with Gasteiger partial charge >= 0.3 is 0 Å². The van der Waals surface area contributed by atoms with Gasteiger partial charge in [-0.1, -0.05) is 6.07 Å². The number of benzene rings is 2. The minimum atomic E-state index is -2.47. The van der Waals surface area contributed by atoms with E-state index in [1.807, 2.05) is 0 Å². The van der Waals surface area contributed by atoms with Gasteiger partial charge in [-0.2, -0.15) is 4.36 Å². The van der Waals surface area contributed by atoms with Gasteiger partial charge in [0.2, 0.25) is 0 Å². The second-order valence-electron chi connectivity index (χ2n) is 8.87. The molecule has 2 aliphatic rings. The molecule has 3 heterocycles. The van der Waals surface area contributed by atoms with Crippen molar-refractivity contribution < 1.29 is 31.9 Å². The van der Waals surface area contributed by atoms with Gasteiger partial charge < -0.3 is 18.9 Å². The Morgan fingerprint density at radius 3 is 2.57 bits per heavy atom. The van der Waals surface area contributed by atoms with Crippen molar-refractivity contribution in [3.05, 3.63) is 59.6 Å². The lowest BCUT2D eigenvalue weighted by atomic mass is 10.0. The van der Waals surface area contributed by atoms with Crippen molar-refractivity contribution in [2.75, 3.05) is 32.8 Å². The van der Waals surface area contributed by atoms with Gasteiger partial charge in [0.05, 0.1) is 35.5 Å². The van der Waals surface area contributed by atoms with Crippen LogP contribution < -0.4 is 4.74 Å². The van der Waals surface area contributed by atoms with E-state index in [1.54, 1.807) is 19.2 Å². The molecule has 35 heavy (non-hydrogen) atoms. The molecule has 2 fully saturated rings. The van der Waals surface area contributed by atoms with E-state index in [4.69, 9.17) is 18.9 Å². The van der Waals surface area contributed by atoms with Gasteiger partial charge in [-0.15, -0.1) is 0 Å². The Hall–Kier alpha value is -2.73. The first kappa shape index (κ1) is 24.0. The maximum absolute atomic E-state index is 15.1. The van der Waals surface area contributed by atoms with E-state index in [1.165, 1.54) is 37.0 Å². The monoisotopic (exact) mass is 505 g/mol. The topological polar surface area (TPSA) is 92.1 Å². The summed E-state index contributed by atoms with van der Waals surface area (Å²) in [6.45, 7) is 0.674. The molecule has 0 unspecified atom stereocenters. The Morgan fingerprint density at radius 2 is 1.83 bits per heavy atom. The van der Waals surface area contributed by atoms with E-state index in [2.05, 4.69) is 14.3 Å². The van der Waals surface area contributed by atoms with E-state index in [-0.39, 0.29) is 42.4 Å². The second kappa shape index (κ2) is 9.38. The number of halogens is 2. The molecule has 0 amide bonds. The van der Waals surface area contributed by atoms with E-state index in [9.17, 15) is 8.60 Å². The summed E-state index contributed by atoms with van der Waals surface area (Å²) in [5.74, 6) is -0.740. The predicted molar refractivity (Wildman–Crippen MR) is 125 cm³/mol. The lowest BCUT2D eigenvalue weighted by Gasteiger charge is -2.20. The Morgan fingerprint density at radius 1 is 1.09 bits per heavy atom. The van der Waals surface area contributed by atoms with E-state index in [0.29, 0.717) is 29.1 Å². The molecule has 0 saturated carbocycles. The lowest BCUT2D eigenvalue weighted by Crippen LogP contribution is -2.35. The summed E-state index contributed by atoms with van der Waals surface area (Å²) in [6, 6.07) is 6.98. The van der Waals surface area contributed by atoms with Crippen molar-refractivity contribution in [2.24, 2.45) is 4.36 Å². The highest BCUT2D eigenvalue weighted by molar-refractivity contribution is 7.92. The number of aromatic nitrogens is 2. The van der Waals surface area contributed by atoms with Crippen LogP contribution in [-0.2, 0) is 30.4 Å². The highest BCUT2D eigenvalue weighted by atomic mass is 32.2. The molecular formula is C24H25F2N3O5S. The summed E-state index contributed by atoms with van der Waals surface area (Å²) >= 11 is 0. The average molecular weight is 506 g/mol. The minimum Gasteiger partial charge on any atom is -0.485 e. The maximum atomic E-state index is 15.1. The smallest absolute Gasteiger partial charge is 0.151 e. The third-order valence-corrected chi connectivity index (χ3v) is 6.66. The average Bonchev–Trinajstić information content (AvgIpc) is 3.37. The van der Waals surface area contributed by atoms with Gasteiger partial charge in [0.25, 0.3) is 0 Å². The number of nitrogens with zero attached hydrogens (tertiary/aromatic N) is 3. The molecule has 8 nitrogen and oxygen atoms in total. The quantitative estimate of drug-likeness (QED) is 0.507. The van der Waals surface area contributed by atoms with Gasteiger partial charge in [0.15, 0.2) is 6.10 Å². The first-order chi connectivity index (χ1) is 16.7. The molecule has 11 heteroatoms. The zero-order valence-electron chi connectivity index (χ0n) is 19.4. The number of rotatable bonds is 6. The van der Waals surface area contributed by atoms with Crippen molar-refractivity contribution in [3.8, 4) is 5.75 Å². The number of ether oxygens (including phenoxy) is 4. The highest BCUT2D eigenvalue weighted by Crippen LogP contribution is 2.34. The lowest BCUT2D eigenvalue weighted by molar-refractivity contribution is -0.0139. The molecule has 4 atom stereocenters. The van der Waals surface area contributed by atoms with Gasteiger partial charge in [-0.3, -0.25) is 0 Å². The minimum absolute atomic E-state index is 0.170. The first-order valence-electron chi connectivity index (χ1n) is 11.0. The van der Waals surface area contributed by atoms with Crippen LogP contribution in [0.5, 0.6) is 5.75 Å². The van der Waals surface area contributed by atoms with Crippen LogP contribution >= 0.6 is 0 Å². The molecule has 3 aromatic rings. The van der Waals surface area contributed by atoms with E-state index < -0.39 is 27.5 Å². The van der Waals surface area contributed by atoms with Gasteiger partial charge in [0, 0.05) is 53.5 Å². The van der Waals surface area contributed by atoms with Crippen LogP contribution in [0.3, 0.4) is 0 Å². The number of fused-ring (bicyclic) bond motifs is 2. The van der Waals surface area contributed by atoms with Crippen molar-refractivity contribution in [2.45, 2.75) is 30.8 Å². The van der Waals surface area contributed by atoms with Gasteiger partial charge in [0.1, 0.15) is 42.0 Å². The Kier molecular flexibility index (Phi) is 6.43. The molecule has 0 radical (unpaired) electrons. The SMILES string of the molecule is CO[C@@H]1CO[C@H]2[C@@H]1OC[C@H]2Oc1cc(F)ccc1Cc1ncnc2cc(N=S(C)(C)=O)cc(F)c12. The zero-order valence-corrected chi connectivity index (χ0v) is 20.3. The molecule has 5 rings (SSSR count). The fourth-order valence-corrected chi connectivity index (χ4v) is 5.10. The standard InChI is InChI=1S/C24H25F2N3O5S/c1-31-20-10-32-24-21(11-33-23(20)24)34-19-7-14(25)5-4-13(19)6-17-22-16(26)8-15(29-35(2,3)30)9-18(22)28-12-27-17/h4-5,7-9,12,20-21,23-24H,6,10-11H2,1-3H3/t20-,21-,23-,24-/m1/s1. The third kappa shape index (κ3) is 4.99. The van der Waals surface area contributed by atoms with Crippen LogP contribution in [0.15, 0.2) is 41.0 Å². The van der Waals surface area contributed by atoms with Crippen LogP contribution in [0.25, 0.3) is 10.9 Å². The van der Waals surface area contributed by atoms with Crippen molar-refractivity contribution >= 4 is 26.3 Å². The first-order valence-corrected chi connectivity index (χ1v) is 13.4. The fraction of sp³-hybridized carbons (Fsp3) is 0.417. The van der Waals surface area contributed by atoms with Gasteiger partial charge in [-0.05, 0) is 12.1 Å². The molecule has 2 aromatic carbocycles. The Labute approximate surface area is 201 Å². The summed E-state index contributed by atoms with van der Waals surface area (Å²) in [5.41, 5.74) is 1.59. The largest absolute Gasteiger partial charge is 0.485 e. The van der Waals surface area contributed by atoms with Crippen LogP contribution in [0.4, 0.5) is 14.5 Å². The second-order valence-corrected chi connectivity index (χ2v) is 11.4. The Balaban J connectivity index is 1.46. The molecule has 0 aliphatic carbocycles. The predicted octanol–water partition coefficient (Wildman–Crippen LogP) is 3.42. The van der Waals surface area contributed by atoms with E-state index >= 15 is 4.39 Å². The Bertz CT molecular complexity index is 1390. The molecule has 0 spiro atoms. The molecule has 2 aliphatic heterocycles. The van der Waals surface area contributed by atoms with Crippen molar-refractivity contribution in [1.82, 2.24) is 9.97 Å². The molecular weight excluding hydrogens is 480 g/mol. The summed E-state index contributed by atoms with van der Waals surface area (Å²) in [6.07, 6.45) is 3.24. The maximum Gasteiger partial charge on any atom is 0.151 e. The van der Waals surface area contributed by atoms with Gasteiger partial charge in [-0.25, -0.2) is 23.0 Å². The van der Waals surface area contributed by atoms with Crippen LogP contribution in [-0.4, -0.2) is 71.4 Å². The number of hydrogen-bond donors (Lipinski definition) is 0. The zero-order chi connectivity index (χ0) is 24.7. The van der Waals surface area contributed by atoms with Crippen LogP contribution in [0.1, 0.15) is 11.3 Å². The van der Waals surface area contributed by atoms with Crippen molar-refractivity contribution in [3.63, 3.8) is 0 Å². The van der Waals surface area contributed by atoms with E-state index in [0.717, 1.165) is 0 Å². The summed E-state index contributed by atoms with van der Waals surface area (Å²) in [4.78, 5) is 8.45. The molecule has 1 aromatic heterocycles. The molecule has 186 valence electrons. The van der Waals surface area contributed by atoms with Crippen molar-refractivity contribution in [1.29, 1.82) is 0 Å². The highest BCUT2D eigenvalue weighted by Gasteiger charge is 2.49. The number of hydrogen-bond acceptors (Lipinski definition) is 8. The number of methoxy groups -OCH3 is 1. The van der Waals surface area contributed by atoms with Crippen LogP contribution in [0, 0.1) is 11.6 Å².